The third kappa shape index (κ3) is 3.55. The zero-order chi connectivity index (χ0) is 15.5. The van der Waals surface area contributed by atoms with Gasteiger partial charge in [-0.05, 0) is 53.7 Å². The van der Waals surface area contributed by atoms with Crippen LogP contribution in [0.5, 0.6) is 0 Å². The first-order valence-corrected chi connectivity index (χ1v) is 8.40. The average Bonchev–Trinajstić information content (AvgIpc) is 2.81. The number of nitrogens with one attached hydrogen (secondary N) is 1. The van der Waals surface area contributed by atoms with Gasteiger partial charge in [0.2, 0.25) is 0 Å². The molecule has 0 aromatic heterocycles. The molecule has 2 amide bonds. The van der Waals surface area contributed by atoms with E-state index in [9.17, 15) is 9.59 Å². The van der Waals surface area contributed by atoms with Crippen LogP contribution in [0.25, 0.3) is 6.08 Å². The van der Waals surface area contributed by atoms with Gasteiger partial charge in [-0.1, -0.05) is 41.6 Å². The predicted molar refractivity (Wildman–Crippen MR) is 91.1 cm³/mol. The Morgan fingerprint density at radius 1 is 1.05 bits per heavy atom. The second-order valence-electron chi connectivity index (χ2n) is 4.45. The molecule has 0 aliphatic carbocycles. The first-order valence-electron chi connectivity index (χ1n) is 6.39. The fourth-order valence-corrected chi connectivity index (χ4v) is 3.60. The van der Waals surface area contributed by atoms with Crippen molar-refractivity contribution in [1.82, 2.24) is 5.32 Å². The highest BCUT2D eigenvalue weighted by Crippen LogP contribution is 2.34. The SMILES string of the molecule is O=C1NC(=O)/C(=C/c2ccccc2Sc2ccc(Cl)cc2)S1. The van der Waals surface area contributed by atoms with E-state index in [-0.39, 0.29) is 11.1 Å². The van der Waals surface area contributed by atoms with Crippen molar-refractivity contribution in [2.45, 2.75) is 9.79 Å². The van der Waals surface area contributed by atoms with Crippen LogP contribution in [-0.2, 0) is 4.79 Å². The smallest absolute Gasteiger partial charge is 0.282 e. The summed E-state index contributed by atoms with van der Waals surface area (Å²) >= 11 is 8.39. The lowest BCUT2D eigenvalue weighted by molar-refractivity contribution is -0.115. The summed E-state index contributed by atoms with van der Waals surface area (Å²) in [6.07, 6.45) is 1.74. The lowest BCUT2D eigenvalue weighted by Crippen LogP contribution is -2.17. The molecule has 1 heterocycles. The second kappa shape index (κ2) is 6.60. The van der Waals surface area contributed by atoms with E-state index in [1.54, 1.807) is 17.8 Å². The van der Waals surface area contributed by atoms with Crippen molar-refractivity contribution in [3.8, 4) is 0 Å². The molecule has 22 heavy (non-hydrogen) atoms. The van der Waals surface area contributed by atoms with Crippen molar-refractivity contribution >= 4 is 52.3 Å². The maximum atomic E-state index is 11.7. The van der Waals surface area contributed by atoms with E-state index in [4.69, 9.17) is 11.6 Å². The molecule has 0 saturated carbocycles. The molecule has 3 nitrogen and oxygen atoms in total. The molecule has 110 valence electrons. The van der Waals surface area contributed by atoms with Crippen LogP contribution in [0.1, 0.15) is 5.56 Å². The molecule has 0 radical (unpaired) electrons. The fraction of sp³-hybridized carbons (Fsp3) is 0. The summed E-state index contributed by atoms with van der Waals surface area (Å²) in [5.74, 6) is -0.346. The van der Waals surface area contributed by atoms with Crippen LogP contribution in [0.15, 0.2) is 63.2 Å². The highest BCUT2D eigenvalue weighted by atomic mass is 35.5. The molecule has 3 rings (SSSR count). The highest BCUT2D eigenvalue weighted by molar-refractivity contribution is 8.18. The van der Waals surface area contributed by atoms with Gasteiger partial charge in [0.1, 0.15) is 0 Å². The summed E-state index contributed by atoms with van der Waals surface area (Å²) < 4.78 is 0. The Kier molecular flexibility index (Phi) is 4.57. The number of hydrogen-bond donors (Lipinski definition) is 1. The molecule has 2 aromatic carbocycles. The van der Waals surface area contributed by atoms with Crippen LogP contribution in [0, 0.1) is 0 Å². The van der Waals surface area contributed by atoms with Gasteiger partial charge < -0.3 is 0 Å². The summed E-state index contributed by atoms with van der Waals surface area (Å²) in [7, 11) is 0. The normalized spacial score (nSPS) is 16.1. The molecule has 1 fully saturated rings. The number of benzene rings is 2. The van der Waals surface area contributed by atoms with Crippen LogP contribution >= 0.6 is 35.1 Å². The van der Waals surface area contributed by atoms with Gasteiger partial charge in [-0.2, -0.15) is 0 Å². The van der Waals surface area contributed by atoms with Crippen molar-refractivity contribution in [2.24, 2.45) is 0 Å². The lowest BCUT2D eigenvalue weighted by Gasteiger charge is -2.06. The standard InChI is InChI=1S/C16H10ClNO2S2/c17-11-5-7-12(8-6-11)21-13-4-2-1-3-10(13)9-14-15(19)18-16(20)22-14/h1-9H,(H,18,19,20)/b14-9-. The third-order valence-electron chi connectivity index (χ3n) is 2.89. The first-order chi connectivity index (χ1) is 10.6. The quantitative estimate of drug-likeness (QED) is 0.809. The second-order valence-corrected chi connectivity index (χ2v) is 7.01. The summed E-state index contributed by atoms with van der Waals surface area (Å²) in [5.41, 5.74) is 0.898. The van der Waals surface area contributed by atoms with Gasteiger partial charge in [0, 0.05) is 14.8 Å². The van der Waals surface area contributed by atoms with Gasteiger partial charge in [-0.25, -0.2) is 0 Å². The molecule has 0 bridgehead atoms. The lowest BCUT2D eigenvalue weighted by atomic mass is 10.2. The topological polar surface area (TPSA) is 46.2 Å². The number of amides is 2. The third-order valence-corrected chi connectivity index (χ3v) is 5.05. The summed E-state index contributed by atoms with van der Waals surface area (Å²) in [5, 5.41) is 2.62. The molecule has 0 unspecified atom stereocenters. The predicted octanol–water partition coefficient (Wildman–Crippen LogP) is 4.82. The molecule has 0 spiro atoms. The summed E-state index contributed by atoms with van der Waals surface area (Å²) in [6.45, 7) is 0. The number of carbonyl (C=O) groups is 2. The maximum Gasteiger partial charge on any atom is 0.290 e. The van der Waals surface area contributed by atoms with E-state index in [2.05, 4.69) is 5.32 Å². The minimum atomic E-state index is -0.346. The molecule has 1 aliphatic rings. The van der Waals surface area contributed by atoms with Crippen LogP contribution in [0.3, 0.4) is 0 Å². The molecule has 6 heteroatoms. The van der Waals surface area contributed by atoms with E-state index in [0.717, 1.165) is 27.1 Å². The maximum absolute atomic E-state index is 11.7. The van der Waals surface area contributed by atoms with Gasteiger partial charge >= 0.3 is 0 Å². The van der Waals surface area contributed by atoms with Crippen LogP contribution in [-0.4, -0.2) is 11.1 Å². The Bertz CT molecular complexity index is 772. The number of imide groups is 1. The fourth-order valence-electron chi connectivity index (χ4n) is 1.88. The molecule has 2 aromatic rings. The minimum absolute atomic E-state index is 0.334. The molecule has 1 aliphatic heterocycles. The molecular weight excluding hydrogens is 338 g/mol. The number of hydrogen-bond acceptors (Lipinski definition) is 4. The van der Waals surface area contributed by atoms with Crippen molar-refractivity contribution in [3.63, 3.8) is 0 Å². The highest BCUT2D eigenvalue weighted by Gasteiger charge is 2.25. The number of rotatable bonds is 3. The average molecular weight is 348 g/mol. The Balaban J connectivity index is 1.90. The van der Waals surface area contributed by atoms with Crippen molar-refractivity contribution in [2.75, 3.05) is 0 Å². The van der Waals surface area contributed by atoms with E-state index in [0.29, 0.717) is 9.93 Å². The zero-order valence-corrected chi connectivity index (χ0v) is 13.6. The van der Waals surface area contributed by atoms with Gasteiger partial charge in [-0.15, -0.1) is 0 Å². The van der Waals surface area contributed by atoms with Gasteiger partial charge in [-0.3, -0.25) is 14.9 Å². The van der Waals surface area contributed by atoms with E-state index in [1.807, 2.05) is 48.5 Å². The van der Waals surface area contributed by atoms with E-state index in [1.165, 1.54) is 0 Å². The number of carbonyl (C=O) groups excluding carboxylic acids is 2. The minimum Gasteiger partial charge on any atom is -0.282 e. The summed E-state index contributed by atoms with van der Waals surface area (Å²) in [4.78, 5) is 25.4. The monoisotopic (exact) mass is 347 g/mol. The Morgan fingerprint density at radius 3 is 2.45 bits per heavy atom. The Morgan fingerprint density at radius 2 is 1.77 bits per heavy atom. The van der Waals surface area contributed by atoms with Crippen molar-refractivity contribution < 1.29 is 9.59 Å². The van der Waals surface area contributed by atoms with Crippen LogP contribution in [0.2, 0.25) is 5.02 Å². The number of halogens is 1. The number of thioether (sulfide) groups is 1. The Hall–Kier alpha value is -1.69. The first kappa shape index (κ1) is 15.2. The van der Waals surface area contributed by atoms with Crippen LogP contribution < -0.4 is 5.32 Å². The van der Waals surface area contributed by atoms with Crippen molar-refractivity contribution in [1.29, 1.82) is 0 Å². The zero-order valence-electron chi connectivity index (χ0n) is 11.2. The molecular formula is C16H10ClNO2S2. The van der Waals surface area contributed by atoms with E-state index < -0.39 is 0 Å². The van der Waals surface area contributed by atoms with E-state index >= 15 is 0 Å². The molecule has 1 N–H and O–H groups in total. The van der Waals surface area contributed by atoms with Gasteiger partial charge in [0.05, 0.1) is 4.91 Å². The summed E-state index contributed by atoms with van der Waals surface area (Å²) in [6, 6.07) is 15.3. The van der Waals surface area contributed by atoms with Crippen molar-refractivity contribution in [3.05, 3.63) is 64.0 Å². The van der Waals surface area contributed by atoms with Gasteiger partial charge in [0.15, 0.2) is 0 Å². The largest absolute Gasteiger partial charge is 0.290 e. The molecule has 1 saturated heterocycles. The molecule has 0 atom stereocenters. The van der Waals surface area contributed by atoms with Crippen LogP contribution in [0.4, 0.5) is 4.79 Å². The van der Waals surface area contributed by atoms with Gasteiger partial charge in [0.25, 0.3) is 11.1 Å². The Labute approximate surface area is 141 Å².